The molecule has 23 heavy (non-hydrogen) atoms. The van der Waals surface area contributed by atoms with Crippen LogP contribution in [-0.2, 0) is 6.54 Å². The smallest absolute Gasteiger partial charge is 0.254 e. The van der Waals surface area contributed by atoms with E-state index in [1.807, 2.05) is 35.9 Å². The first-order valence-corrected chi connectivity index (χ1v) is 9.15. The van der Waals surface area contributed by atoms with Crippen molar-refractivity contribution in [1.82, 2.24) is 15.3 Å². The molecule has 3 heterocycles. The molecule has 116 valence electrons. The van der Waals surface area contributed by atoms with Crippen LogP contribution in [0.5, 0.6) is 0 Å². The molecule has 0 radical (unpaired) electrons. The standard InChI is InChI=1S/C17H15N3OS2/c1-22-17-13(6-3-9-19-17)16(21)20-11-12-5-2-8-18-15(12)14-7-4-10-23-14/h2-10H,11H2,1H3,(H,20,21). The monoisotopic (exact) mass is 341 g/mol. The summed E-state index contributed by atoms with van der Waals surface area (Å²) in [5.41, 5.74) is 2.51. The maximum absolute atomic E-state index is 12.4. The fraction of sp³-hybridized carbons (Fsp3) is 0.118. The van der Waals surface area contributed by atoms with Crippen LogP contribution >= 0.6 is 23.1 Å². The zero-order valence-electron chi connectivity index (χ0n) is 12.5. The Kier molecular flexibility index (Phi) is 5.05. The van der Waals surface area contributed by atoms with Gasteiger partial charge in [-0.3, -0.25) is 9.78 Å². The van der Waals surface area contributed by atoms with Gasteiger partial charge in [0.2, 0.25) is 0 Å². The number of aromatic nitrogens is 2. The molecule has 0 aliphatic heterocycles. The van der Waals surface area contributed by atoms with Gasteiger partial charge in [0.05, 0.1) is 16.1 Å². The van der Waals surface area contributed by atoms with E-state index in [1.54, 1.807) is 35.9 Å². The number of nitrogens with zero attached hydrogens (tertiary/aromatic N) is 2. The maximum atomic E-state index is 12.4. The second kappa shape index (κ2) is 7.39. The van der Waals surface area contributed by atoms with Gasteiger partial charge in [0.25, 0.3) is 5.91 Å². The zero-order chi connectivity index (χ0) is 16.1. The van der Waals surface area contributed by atoms with Crippen LogP contribution in [0.1, 0.15) is 15.9 Å². The van der Waals surface area contributed by atoms with Gasteiger partial charge in [-0.25, -0.2) is 4.98 Å². The molecular weight excluding hydrogens is 326 g/mol. The molecule has 0 atom stereocenters. The van der Waals surface area contributed by atoms with Crippen LogP contribution in [0.2, 0.25) is 0 Å². The Hall–Kier alpha value is -2.18. The fourth-order valence-electron chi connectivity index (χ4n) is 2.21. The molecule has 0 spiro atoms. The normalized spacial score (nSPS) is 10.5. The lowest BCUT2D eigenvalue weighted by molar-refractivity contribution is 0.0947. The van der Waals surface area contributed by atoms with E-state index >= 15 is 0 Å². The number of pyridine rings is 2. The number of nitrogens with one attached hydrogen (secondary N) is 1. The van der Waals surface area contributed by atoms with Crippen LogP contribution in [0, 0.1) is 0 Å². The van der Waals surface area contributed by atoms with E-state index in [0.717, 1.165) is 21.2 Å². The number of thiophene rings is 1. The van der Waals surface area contributed by atoms with Gasteiger partial charge in [-0.05, 0) is 41.5 Å². The molecule has 0 bridgehead atoms. The lowest BCUT2D eigenvalue weighted by Gasteiger charge is -2.10. The molecule has 0 saturated heterocycles. The van der Waals surface area contributed by atoms with E-state index in [4.69, 9.17) is 0 Å². The predicted molar refractivity (Wildman–Crippen MR) is 94.7 cm³/mol. The summed E-state index contributed by atoms with van der Waals surface area (Å²) < 4.78 is 0. The molecule has 3 aromatic rings. The van der Waals surface area contributed by atoms with Gasteiger partial charge in [-0.2, -0.15) is 0 Å². The topological polar surface area (TPSA) is 54.9 Å². The van der Waals surface area contributed by atoms with Gasteiger partial charge in [0.15, 0.2) is 0 Å². The Balaban J connectivity index is 1.78. The van der Waals surface area contributed by atoms with Crippen molar-refractivity contribution in [1.29, 1.82) is 0 Å². The minimum atomic E-state index is -0.122. The third kappa shape index (κ3) is 3.60. The quantitative estimate of drug-likeness (QED) is 0.716. The van der Waals surface area contributed by atoms with E-state index in [2.05, 4.69) is 15.3 Å². The summed E-state index contributed by atoms with van der Waals surface area (Å²) in [6, 6.07) is 11.5. The largest absolute Gasteiger partial charge is 0.348 e. The van der Waals surface area contributed by atoms with E-state index in [1.165, 1.54) is 11.8 Å². The van der Waals surface area contributed by atoms with Crippen LogP contribution in [0.15, 0.2) is 59.2 Å². The third-order valence-corrected chi connectivity index (χ3v) is 4.88. The Bertz CT molecular complexity index is 803. The molecule has 1 amide bonds. The molecule has 0 unspecified atom stereocenters. The van der Waals surface area contributed by atoms with Crippen LogP contribution in [0.3, 0.4) is 0 Å². The van der Waals surface area contributed by atoms with Gasteiger partial charge in [-0.15, -0.1) is 23.1 Å². The van der Waals surface area contributed by atoms with Crippen molar-refractivity contribution in [2.24, 2.45) is 0 Å². The van der Waals surface area contributed by atoms with Crippen LogP contribution in [0.25, 0.3) is 10.6 Å². The number of amides is 1. The Labute approximate surface area is 143 Å². The molecule has 0 fully saturated rings. The van der Waals surface area contributed by atoms with Crippen LogP contribution < -0.4 is 5.32 Å². The Morgan fingerprint density at radius 2 is 2.00 bits per heavy atom. The van der Waals surface area contributed by atoms with Crippen molar-refractivity contribution in [3.8, 4) is 10.6 Å². The van der Waals surface area contributed by atoms with Crippen molar-refractivity contribution >= 4 is 29.0 Å². The first-order valence-electron chi connectivity index (χ1n) is 7.04. The van der Waals surface area contributed by atoms with Crippen molar-refractivity contribution in [2.45, 2.75) is 11.6 Å². The summed E-state index contributed by atoms with van der Waals surface area (Å²) in [5.74, 6) is -0.122. The highest BCUT2D eigenvalue weighted by atomic mass is 32.2. The van der Waals surface area contributed by atoms with E-state index < -0.39 is 0 Å². The SMILES string of the molecule is CSc1ncccc1C(=O)NCc1cccnc1-c1cccs1. The molecule has 1 N–H and O–H groups in total. The average molecular weight is 341 g/mol. The van der Waals surface area contributed by atoms with E-state index in [0.29, 0.717) is 12.1 Å². The molecule has 4 nitrogen and oxygen atoms in total. The van der Waals surface area contributed by atoms with Crippen molar-refractivity contribution in [2.75, 3.05) is 6.26 Å². The molecule has 0 aromatic carbocycles. The van der Waals surface area contributed by atoms with Crippen molar-refractivity contribution < 1.29 is 4.79 Å². The molecule has 0 saturated carbocycles. The third-order valence-electron chi connectivity index (χ3n) is 3.29. The number of rotatable bonds is 5. The van der Waals surface area contributed by atoms with Gasteiger partial charge in [0, 0.05) is 18.9 Å². The van der Waals surface area contributed by atoms with Crippen molar-refractivity contribution in [3.05, 3.63) is 65.3 Å². The molecule has 3 aromatic heterocycles. The van der Waals surface area contributed by atoms with Gasteiger partial charge in [0.1, 0.15) is 5.03 Å². The molecule has 0 aliphatic carbocycles. The molecule has 0 aliphatic rings. The summed E-state index contributed by atoms with van der Waals surface area (Å²) in [5, 5.41) is 5.72. The average Bonchev–Trinajstić information content (AvgIpc) is 3.14. The van der Waals surface area contributed by atoms with Gasteiger partial charge < -0.3 is 5.32 Å². The van der Waals surface area contributed by atoms with Gasteiger partial charge in [-0.1, -0.05) is 12.1 Å². The number of hydrogen-bond donors (Lipinski definition) is 1. The minimum absolute atomic E-state index is 0.122. The van der Waals surface area contributed by atoms with Crippen molar-refractivity contribution in [3.63, 3.8) is 0 Å². The molecule has 6 heteroatoms. The highest BCUT2D eigenvalue weighted by Crippen LogP contribution is 2.25. The molecule has 3 rings (SSSR count). The number of hydrogen-bond acceptors (Lipinski definition) is 5. The lowest BCUT2D eigenvalue weighted by atomic mass is 10.1. The van der Waals surface area contributed by atoms with E-state index in [-0.39, 0.29) is 5.91 Å². The maximum Gasteiger partial charge on any atom is 0.254 e. The Morgan fingerprint density at radius 1 is 1.17 bits per heavy atom. The number of thioether (sulfide) groups is 1. The number of carbonyl (C=O) groups is 1. The van der Waals surface area contributed by atoms with Gasteiger partial charge >= 0.3 is 0 Å². The summed E-state index contributed by atoms with van der Waals surface area (Å²) in [6.45, 7) is 0.433. The lowest BCUT2D eigenvalue weighted by Crippen LogP contribution is -2.24. The highest BCUT2D eigenvalue weighted by Gasteiger charge is 2.13. The Morgan fingerprint density at radius 3 is 2.78 bits per heavy atom. The highest BCUT2D eigenvalue weighted by molar-refractivity contribution is 7.98. The van der Waals surface area contributed by atoms with Crippen LogP contribution in [0.4, 0.5) is 0 Å². The summed E-state index contributed by atoms with van der Waals surface area (Å²) in [7, 11) is 0. The summed E-state index contributed by atoms with van der Waals surface area (Å²) in [6.07, 6.45) is 5.38. The fourth-order valence-corrected chi connectivity index (χ4v) is 3.52. The zero-order valence-corrected chi connectivity index (χ0v) is 14.2. The van der Waals surface area contributed by atoms with E-state index in [9.17, 15) is 4.79 Å². The minimum Gasteiger partial charge on any atom is -0.348 e. The second-order valence-corrected chi connectivity index (χ2v) is 6.47. The first-order chi connectivity index (χ1) is 11.3. The summed E-state index contributed by atoms with van der Waals surface area (Å²) >= 11 is 3.10. The summed E-state index contributed by atoms with van der Waals surface area (Å²) in [4.78, 5) is 22.2. The molecular formula is C17H15N3OS2. The predicted octanol–water partition coefficient (Wildman–Crippen LogP) is 3.86. The second-order valence-electron chi connectivity index (χ2n) is 4.73. The first kappa shape index (κ1) is 15.7. The number of carbonyl (C=O) groups excluding carboxylic acids is 1. The van der Waals surface area contributed by atoms with Crippen LogP contribution in [-0.4, -0.2) is 22.1 Å².